The van der Waals surface area contributed by atoms with Crippen molar-refractivity contribution in [3.05, 3.63) is 89.0 Å². The third-order valence-corrected chi connectivity index (χ3v) is 10.3. The van der Waals surface area contributed by atoms with Crippen LogP contribution in [0.1, 0.15) is 36.7 Å². The molecule has 0 N–H and O–H groups in total. The SMILES string of the molecule is C=CC(=O)N1[C@H](C)Cn2nc(-c3nc(-c4ccc5c(c4)CCN(C)C5)c4ccsc4c3-c3c(F)cc(F)cc3OCCOC)cc2[C@@H]1C. The zero-order valence-corrected chi connectivity index (χ0v) is 28.2. The summed E-state index contributed by atoms with van der Waals surface area (Å²) in [6.07, 6.45) is 2.26. The van der Waals surface area contributed by atoms with Crippen molar-refractivity contribution in [2.45, 2.75) is 45.4 Å². The molecule has 5 heterocycles. The predicted molar refractivity (Wildman–Crippen MR) is 184 cm³/mol. The molecule has 0 saturated carbocycles. The van der Waals surface area contributed by atoms with Gasteiger partial charge in [0, 0.05) is 59.6 Å². The highest BCUT2D eigenvalue weighted by Gasteiger charge is 2.34. The topological polar surface area (TPSA) is 72.7 Å². The largest absolute Gasteiger partial charge is 0.490 e. The highest BCUT2D eigenvalue weighted by atomic mass is 32.1. The maximum absolute atomic E-state index is 16.1. The van der Waals surface area contributed by atoms with Crippen LogP contribution >= 0.6 is 11.3 Å². The first-order chi connectivity index (χ1) is 23.2. The number of hydrogen-bond donors (Lipinski definition) is 0. The van der Waals surface area contributed by atoms with Gasteiger partial charge in [-0.05, 0) is 68.1 Å². The Bertz CT molecular complexity index is 2060. The average Bonchev–Trinajstić information content (AvgIpc) is 3.72. The molecule has 0 fully saturated rings. The zero-order chi connectivity index (χ0) is 33.7. The molecular formula is C37H37F2N5O3S. The highest BCUT2D eigenvalue weighted by molar-refractivity contribution is 7.18. The van der Waals surface area contributed by atoms with E-state index in [2.05, 4.69) is 36.7 Å². The number of amides is 1. The summed E-state index contributed by atoms with van der Waals surface area (Å²) >= 11 is 1.46. The Labute approximate surface area is 282 Å². The summed E-state index contributed by atoms with van der Waals surface area (Å²) in [5, 5.41) is 7.83. The van der Waals surface area contributed by atoms with Crippen LogP contribution in [0, 0.1) is 11.6 Å². The van der Waals surface area contributed by atoms with E-state index in [9.17, 15) is 9.18 Å². The second kappa shape index (κ2) is 12.9. The van der Waals surface area contributed by atoms with Crippen LogP contribution in [0.25, 0.3) is 43.9 Å². The van der Waals surface area contributed by atoms with Gasteiger partial charge in [0.15, 0.2) is 0 Å². The number of thiophene rings is 1. The molecule has 2 aromatic carbocycles. The van der Waals surface area contributed by atoms with Crippen LogP contribution in [0.3, 0.4) is 0 Å². The predicted octanol–water partition coefficient (Wildman–Crippen LogP) is 7.26. The summed E-state index contributed by atoms with van der Waals surface area (Å²) in [6.45, 7) is 10.3. The third-order valence-electron chi connectivity index (χ3n) is 9.34. The number of hydrogen-bond acceptors (Lipinski definition) is 7. The van der Waals surface area contributed by atoms with Crippen molar-refractivity contribution in [1.29, 1.82) is 0 Å². The number of methoxy groups -OCH3 is 1. The van der Waals surface area contributed by atoms with Gasteiger partial charge >= 0.3 is 0 Å². The molecule has 5 aromatic rings. The minimum absolute atomic E-state index is 0.0571. The first-order valence-electron chi connectivity index (χ1n) is 16.0. The van der Waals surface area contributed by atoms with E-state index in [1.807, 2.05) is 36.0 Å². The number of carbonyl (C=O) groups excluding carboxylic acids is 1. The number of halogens is 2. The quantitative estimate of drug-likeness (QED) is 0.128. The number of carbonyl (C=O) groups is 1. The van der Waals surface area contributed by atoms with E-state index in [4.69, 9.17) is 19.6 Å². The van der Waals surface area contributed by atoms with Crippen LogP contribution in [0.5, 0.6) is 5.75 Å². The normalized spacial score (nSPS) is 17.8. The standard InChI is InChI=1S/C37H37F2N5O3S/c1-6-32(45)44-21(2)19-43-30(22(44)3)18-29(41-43)36-34(33-28(39)16-26(38)17-31(33)47-13-12-46-5)37-27(10-14-48-37)35(40-36)24-7-8-25-20-42(4)11-9-23(25)15-24/h6-8,10,14-18,21-22H,1,9,11-13,19-20H2,2-5H3/t21-,22+/m1/s1. The number of rotatable bonds is 8. The second-order valence-electron chi connectivity index (χ2n) is 12.5. The number of benzene rings is 2. The average molecular weight is 670 g/mol. The Morgan fingerprint density at radius 2 is 1.92 bits per heavy atom. The summed E-state index contributed by atoms with van der Waals surface area (Å²) < 4.78 is 44.6. The zero-order valence-electron chi connectivity index (χ0n) is 27.4. The van der Waals surface area contributed by atoms with Crippen molar-refractivity contribution < 1.29 is 23.0 Å². The van der Waals surface area contributed by atoms with Crippen molar-refractivity contribution in [3.63, 3.8) is 0 Å². The Kier molecular flexibility index (Phi) is 8.61. The van der Waals surface area contributed by atoms with Crippen molar-refractivity contribution in [2.24, 2.45) is 0 Å². The smallest absolute Gasteiger partial charge is 0.246 e. The molecule has 0 saturated heterocycles. The van der Waals surface area contributed by atoms with Crippen LogP contribution in [-0.2, 0) is 29.0 Å². The van der Waals surface area contributed by atoms with Crippen LogP contribution in [-0.4, -0.2) is 70.4 Å². The summed E-state index contributed by atoms with van der Waals surface area (Å²) in [4.78, 5) is 22.2. The van der Waals surface area contributed by atoms with Gasteiger partial charge in [-0.15, -0.1) is 11.3 Å². The number of likely N-dealkylation sites (N-methyl/N-ethyl adjacent to an activating group) is 1. The van der Waals surface area contributed by atoms with Gasteiger partial charge in [-0.2, -0.15) is 5.10 Å². The minimum atomic E-state index is -0.764. The van der Waals surface area contributed by atoms with Crippen LogP contribution in [0.4, 0.5) is 8.78 Å². The number of fused-ring (bicyclic) bond motifs is 3. The Hall–Kier alpha value is -4.45. The molecule has 2 aliphatic heterocycles. The van der Waals surface area contributed by atoms with Crippen molar-refractivity contribution in [3.8, 4) is 39.5 Å². The number of ether oxygens (including phenoxy) is 2. The van der Waals surface area contributed by atoms with E-state index < -0.39 is 11.6 Å². The maximum Gasteiger partial charge on any atom is 0.246 e. The van der Waals surface area contributed by atoms with Gasteiger partial charge in [-0.25, -0.2) is 13.8 Å². The molecular weight excluding hydrogens is 633 g/mol. The molecule has 1 amide bonds. The fraction of sp³-hybridized carbons (Fsp3) is 0.324. The summed E-state index contributed by atoms with van der Waals surface area (Å²) in [6, 6.07) is 12.0. The fourth-order valence-corrected chi connectivity index (χ4v) is 8.00. The molecule has 2 aliphatic rings. The summed E-state index contributed by atoms with van der Waals surface area (Å²) in [5.74, 6) is -1.61. The molecule has 3 aromatic heterocycles. The molecule has 11 heteroatoms. The van der Waals surface area contributed by atoms with Gasteiger partial charge < -0.3 is 19.3 Å². The number of nitrogens with zero attached hydrogens (tertiary/aromatic N) is 5. The molecule has 7 rings (SSSR count). The van der Waals surface area contributed by atoms with Gasteiger partial charge in [0.2, 0.25) is 5.91 Å². The van der Waals surface area contributed by atoms with Gasteiger partial charge in [0.1, 0.15) is 35.4 Å². The van der Waals surface area contributed by atoms with Gasteiger partial charge in [-0.1, -0.05) is 18.7 Å². The van der Waals surface area contributed by atoms with E-state index in [1.54, 1.807) is 4.90 Å². The van der Waals surface area contributed by atoms with Gasteiger partial charge in [0.25, 0.3) is 0 Å². The Morgan fingerprint density at radius 1 is 1.08 bits per heavy atom. The molecule has 0 bridgehead atoms. The third kappa shape index (κ3) is 5.59. The van der Waals surface area contributed by atoms with Crippen molar-refractivity contribution in [2.75, 3.05) is 33.9 Å². The van der Waals surface area contributed by atoms with Crippen LogP contribution in [0.15, 0.2) is 60.5 Å². The highest BCUT2D eigenvalue weighted by Crippen LogP contribution is 2.47. The molecule has 0 aliphatic carbocycles. The first kappa shape index (κ1) is 32.1. The number of pyridine rings is 1. The lowest BCUT2D eigenvalue weighted by Crippen LogP contribution is -2.46. The first-order valence-corrected chi connectivity index (χ1v) is 16.9. The van der Waals surface area contributed by atoms with E-state index >= 15 is 4.39 Å². The minimum Gasteiger partial charge on any atom is -0.490 e. The second-order valence-corrected chi connectivity index (χ2v) is 13.4. The van der Waals surface area contributed by atoms with E-state index in [-0.39, 0.29) is 42.5 Å². The lowest BCUT2D eigenvalue weighted by Gasteiger charge is -2.38. The molecule has 0 radical (unpaired) electrons. The van der Waals surface area contributed by atoms with Crippen molar-refractivity contribution >= 4 is 27.3 Å². The summed E-state index contributed by atoms with van der Waals surface area (Å²) in [7, 11) is 3.66. The van der Waals surface area contributed by atoms with E-state index in [0.717, 1.165) is 52.6 Å². The molecule has 0 spiro atoms. The number of aromatic nitrogens is 3. The Morgan fingerprint density at radius 3 is 2.71 bits per heavy atom. The lowest BCUT2D eigenvalue weighted by atomic mass is 9.93. The monoisotopic (exact) mass is 669 g/mol. The molecule has 248 valence electrons. The van der Waals surface area contributed by atoms with E-state index in [0.29, 0.717) is 23.5 Å². The maximum atomic E-state index is 16.1. The van der Waals surface area contributed by atoms with Crippen molar-refractivity contribution in [1.82, 2.24) is 24.6 Å². The van der Waals surface area contributed by atoms with Gasteiger partial charge in [-0.3, -0.25) is 9.48 Å². The lowest BCUT2D eigenvalue weighted by molar-refractivity contribution is -0.131. The van der Waals surface area contributed by atoms with Crippen LogP contribution < -0.4 is 4.74 Å². The molecule has 2 atom stereocenters. The molecule has 0 unspecified atom stereocenters. The van der Waals surface area contributed by atoms with Gasteiger partial charge in [0.05, 0.1) is 36.1 Å². The Balaban J connectivity index is 1.48. The van der Waals surface area contributed by atoms with Crippen LogP contribution in [0.2, 0.25) is 0 Å². The van der Waals surface area contributed by atoms with E-state index in [1.165, 1.54) is 41.7 Å². The molecule has 8 nitrogen and oxygen atoms in total. The fourth-order valence-electron chi connectivity index (χ4n) is 7.05. The molecule has 48 heavy (non-hydrogen) atoms. The summed E-state index contributed by atoms with van der Waals surface area (Å²) in [5.41, 5.74) is 6.67.